The van der Waals surface area contributed by atoms with Crippen LogP contribution in [0.4, 0.5) is 0 Å². The van der Waals surface area contributed by atoms with Gasteiger partial charge in [0.05, 0.1) is 5.69 Å². The molecule has 0 amide bonds. The van der Waals surface area contributed by atoms with E-state index in [0.717, 1.165) is 30.1 Å². The highest BCUT2D eigenvalue weighted by molar-refractivity contribution is 5.92. The lowest BCUT2D eigenvalue weighted by Gasteiger charge is -2.32. The summed E-state index contributed by atoms with van der Waals surface area (Å²) in [5, 5.41) is 9.14. The van der Waals surface area contributed by atoms with Gasteiger partial charge in [0.25, 0.3) is 0 Å². The predicted molar refractivity (Wildman–Crippen MR) is 131 cm³/mol. The number of likely N-dealkylation sites (N-methyl/N-ethyl adjacent to an activating group) is 1. The van der Waals surface area contributed by atoms with E-state index in [4.69, 9.17) is 0 Å². The minimum Gasteiger partial charge on any atom is -0.354 e. The third kappa shape index (κ3) is 3.93. The van der Waals surface area contributed by atoms with Crippen molar-refractivity contribution in [1.29, 1.82) is 0 Å². The zero-order valence-electron chi connectivity index (χ0n) is 19.7. The molecule has 32 heavy (non-hydrogen) atoms. The molecule has 0 aliphatic carbocycles. The number of rotatable bonds is 6. The monoisotopic (exact) mass is 430 g/mol. The van der Waals surface area contributed by atoms with Crippen molar-refractivity contribution in [2.24, 2.45) is 0 Å². The van der Waals surface area contributed by atoms with Gasteiger partial charge in [-0.15, -0.1) is 0 Å². The molecule has 1 fully saturated rings. The molecule has 0 radical (unpaired) electrons. The van der Waals surface area contributed by atoms with Gasteiger partial charge >= 0.3 is 0 Å². The average molecular weight is 431 g/mol. The standard InChI is InChI=1S/C26H34N6/c1-17(2)25-22-15-20(19-9-12-31(13-10-19)14-11-27-4)5-7-23(22)29-26(25)21-6-8-24-28-18(3)30-32(24)16-21/h5-8,15-17,19,27,29H,9-14H2,1-4H3. The molecule has 1 aliphatic heterocycles. The van der Waals surface area contributed by atoms with Crippen LogP contribution in [0.2, 0.25) is 0 Å². The SMILES string of the molecule is CNCCN1CCC(c2ccc3[nH]c(-c4ccc5nc(C)nn5c4)c(C(C)C)c3c2)CC1. The molecule has 0 unspecified atom stereocenters. The van der Waals surface area contributed by atoms with Crippen LogP contribution in [0, 0.1) is 6.92 Å². The summed E-state index contributed by atoms with van der Waals surface area (Å²) in [6.07, 6.45) is 4.57. The van der Waals surface area contributed by atoms with E-state index in [1.165, 1.54) is 53.7 Å². The number of hydrogen-bond acceptors (Lipinski definition) is 4. The summed E-state index contributed by atoms with van der Waals surface area (Å²) >= 11 is 0. The summed E-state index contributed by atoms with van der Waals surface area (Å²) in [6.45, 7) is 11.1. The fraction of sp³-hybridized carbons (Fsp3) is 0.462. The fourth-order valence-electron chi connectivity index (χ4n) is 5.21. The Balaban J connectivity index is 1.49. The maximum Gasteiger partial charge on any atom is 0.155 e. The van der Waals surface area contributed by atoms with Crippen molar-refractivity contribution >= 4 is 16.6 Å². The van der Waals surface area contributed by atoms with Crippen molar-refractivity contribution in [3.63, 3.8) is 0 Å². The number of aromatic nitrogens is 4. The predicted octanol–water partition coefficient (Wildman–Crippen LogP) is 4.71. The molecular formula is C26H34N6. The first-order valence-corrected chi connectivity index (χ1v) is 11.9. The number of piperidine rings is 1. The second kappa shape index (κ2) is 8.68. The van der Waals surface area contributed by atoms with E-state index >= 15 is 0 Å². The van der Waals surface area contributed by atoms with E-state index in [9.17, 15) is 0 Å². The lowest BCUT2D eigenvalue weighted by atomic mass is 9.87. The van der Waals surface area contributed by atoms with Crippen molar-refractivity contribution in [2.75, 3.05) is 33.2 Å². The van der Waals surface area contributed by atoms with Gasteiger partial charge in [-0.2, -0.15) is 5.10 Å². The highest BCUT2D eigenvalue weighted by Crippen LogP contribution is 2.38. The van der Waals surface area contributed by atoms with Crippen molar-refractivity contribution in [3.8, 4) is 11.3 Å². The van der Waals surface area contributed by atoms with Gasteiger partial charge in [-0.25, -0.2) is 9.50 Å². The Morgan fingerprint density at radius 3 is 2.72 bits per heavy atom. The van der Waals surface area contributed by atoms with Crippen LogP contribution >= 0.6 is 0 Å². The molecule has 6 heteroatoms. The molecule has 4 heterocycles. The third-order valence-electron chi connectivity index (χ3n) is 6.90. The summed E-state index contributed by atoms with van der Waals surface area (Å²) in [7, 11) is 2.03. The number of likely N-dealkylation sites (tertiary alicyclic amines) is 1. The lowest BCUT2D eigenvalue weighted by Crippen LogP contribution is -2.37. The quantitative estimate of drug-likeness (QED) is 0.465. The van der Waals surface area contributed by atoms with E-state index < -0.39 is 0 Å². The molecular weight excluding hydrogens is 396 g/mol. The van der Waals surface area contributed by atoms with Gasteiger partial charge in [0.1, 0.15) is 5.82 Å². The van der Waals surface area contributed by atoms with Crippen LogP contribution in [0.25, 0.3) is 27.8 Å². The maximum absolute atomic E-state index is 4.51. The zero-order valence-corrected chi connectivity index (χ0v) is 19.7. The summed E-state index contributed by atoms with van der Waals surface area (Å²) < 4.78 is 1.88. The Labute approximate surface area is 190 Å². The first kappa shape index (κ1) is 21.2. The number of aryl methyl sites for hydroxylation is 1. The smallest absolute Gasteiger partial charge is 0.155 e. The lowest BCUT2D eigenvalue weighted by molar-refractivity contribution is 0.214. The second-order valence-corrected chi connectivity index (χ2v) is 9.47. The molecule has 0 atom stereocenters. The Morgan fingerprint density at radius 1 is 1.16 bits per heavy atom. The van der Waals surface area contributed by atoms with Crippen molar-refractivity contribution < 1.29 is 0 Å². The van der Waals surface area contributed by atoms with Crippen LogP contribution in [0.1, 0.15) is 55.5 Å². The zero-order chi connectivity index (χ0) is 22.2. The summed E-state index contributed by atoms with van der Waals surface area (Å²) in [5.74, 6) is 1.87. The summed E-state index contributed by atoms with van der Waals surface area (Å²) in [5.41, 5.74) is 7.33. The molecule has 1 saturated heterocycles. The largest absolute Gasteiger partial charge is 0.354 e. The number of H-pyrrole nitrogens is 1. The minimum atomic E-state index is 0.422. The topological polar surface area (TPSA) is 61.2 Å². The number of pyridine rings is 1. The minimum absolute atomic E-state index is 0.422. The molecule has 6 nitrogen and oxygen atoms in total. The van der Waals surface area contributed by atoms with Gasteiger partial charge in [0.15, 0.2) is 5.65 Å². The number of benzene rings is 1. The first-order chi connectivity index (χ1) is 15.5. The highest BCUT2D eigenvalue weighted by atomic mass is 15.3. The molecule has 4 aromatic rings. The summed E-state index contributed by atoms with van der Waals surface area (Å²) in [4.78, 5) is 10.8. The molecule has 0 saturated carbocycles. The van der Waals surface area contributed by atoms with E-state index in [2.05, 4.69) is 75.7 Å². The number of nitrogens with zero attached hydrogens (tertiary/aromatic N) is 4. The molecule has 2 N–H and O–H groups in total. The van der Waals surface area contributed by atoms with E-state index in [1.807, 2.05) is 18.5 Å². The molecule has 5 rings (SSSR count). The van der Waals surface area contributed by atoms with Crippen molar-refractivity contribution in [2.45, 2.75) is 45.4 Å². The number of hydrogen-bond donors (Lipinski definition) is 2. The molecule has 0 spiro atoms. The van der Waals surface area contributed by atoms with Crippen molar-refractivity contribution in [1.82, 2.24) is 29.8 Å². The van der Waals surface area contributed by atoms with Gasteiger partial charge < -0.3 is 15.2 Å². The van der Waals surface area contributed by atoms with Crippen LogP contribution in [-0.4, -0.2) is 57.7 Å². The Hall–Kier alpha value is -2.70. The Kier molecular flexibility index (Phi) is 5.74. The normalized spacial score (nSPS) is 16.0. The van der Waals surface area contributed by atoms with Gasteiger partial charge in [-0.3, -0.25) is 0 Å². The molecule has 1 aliphatic rings. The number of nitrogens with one attached hydrogen (secondary N) is 2. The molecule has 168 valence electrons. The molecule has 3 aromatic heterocycles. The van der Waals surface area contributed by atoms with E-state index in [-0.39, 0.29) is 0 Å². The Bertz CT molecular complexity index is 1230. The second-order valence-electron chi connectivity index (χ2n) is 9.47. The number of fused-ring (bicyclic) bond motifs is 2. The average Bonchev–Trinajstić information content (AvgIpc) is 3.36. The van der Waals surface area contributed by atoms with Gasteiger partial charge in [-0.05, 0) is 87.1 Å². The first-order valence-electron chi connectivity index (χ1n) is 11.9. The van der Waals surface area contributed by atoms with Gasteiger partial charge in [-0.1, -0.05) is 19.9 Å². The van der Waals surface area contributed by atoms with Crippen LogP contribution in [0.5, 0.6) is 0 Å². The van der Waals surface area contributed by atoms with Crippen LogP contribution in [-0.2, 0) is 0 Å². The van der Waals surface area contributed by atoms with Gasteiger partial charge in [0, 0.05) is 35.8 Å². The number of aromatic amines is 1. The van der Waals surface area contributed by atoms with Crippen LogP contribution in [0.3, 0.4) is 0 Å². The van der Waals surface area contributed by atoms with E-state index in [0.29, 0.717) is 11.8 Å². The molecule has 1 aromatic carbocycles. The van der Waals surface area contributed by atoms with Crippen LogP contribution < -0.4 is 5.32 Å². The van der Waals surface area contributed by atoms with Crippen LogP contribution in [0.15, 0.2) is 36.5 Å². The Morgan fingerprint density at radius 2 is 1.97 bits per heavy atom. The van der Waals surface area contributed by atoms with E-state index in [1.54, 1.807) is 0 Å². The maximum atomic E-state index is 4.51. The van der Waals surface area contributed by atoms with Crippen molar-refractivity contribution in [3.05, 3.63) is 53.5 Å². The van der Waals surface area contributed by atoms with Gasteiger partial charge in [0.2, 0.25) is 0 Å². The third-order valence-corrected chi connectivity index (χ3v) is 6.90. The molecule has 0 bridgehead atoms. The highest BCUT2D eigenvalue weighted by Gasteiger charge is 2.22. The summed E-state index contributed by atoms with van der Waals surface area (Å²) in [6, 6.07) is 11.3. The fourth-order valence-corrected chi connectivity index (χ4v) is 5.21.